The smallest absolute Gasteiger partial charge is 0.251 e. The Kier molecular flexibility index (Phi) is 4.99. The summed E-state index contributed by atoms with van der Waals surface area (Å²) in [6.45, 7) is 7.30. The molecule has 0 aromatic carbocycles. The molecule has 3 atom stereocenters. The van der Waals surface area contributed by atoms with Crippen LogP contribution in [-0.2, 0) is 0 Å². The van der Waals surface area contributed by atoms with Crippen molar-refractivity contribution in [1.29, 1.82) is 0 Å². The molecule has 1 fully saturated rings. The first kappa shape index (κ1) is 14.8. The van der Waals surface area contributed by atoms with Crippen molar-refractivity contribution in [3.8, 4) is 0 Å². The van der Waals surface area contributed by atoms with Crippen LogP contribution >= 0.6 is 0 Å². The molecule has 2 N–H and O–H groups in total. The van der Waals surface area contributed by atoms with Gasteiger partial charge in [-0.15, -0.1) is 0 Å². The highest BCUT2D eigenvalue weighted by Gasteiger charge is 2.32. The minimum absolute atomic E-state index is 0.0140. The molecule has 1 aromatic rings. The van der Waals surface area contributed by atoms with Crippen LogP contribution in [0.15, 0.2) is 18.3 Å². The second-order valence-electron chi connectivity index (χ2n) is 5.64. The first-order chi connectivity index (χ1) is 9.65. The molecule has 1 aromatic heterocycles. The summed E-state index contributed by atoms with van der Waals surface area (Å²) in [4.78, 5) is 16.5. The Bertz CT molecular complexity index is 461. The average Bonchev–Trinajstić information content (AvgIpc) is 2.80. The van der Waals surface area contributed by atoms with Crippen LogP contribution in [0.5, 0.6) is 0 Å². The topological polar surface area (TPSA) is 54.0 Å². The third-order valence-corrected chi connectivity index (χ3v) is 4.45. The van der Waals surface area contributed by atoms with Gasteiger partial charge in [0, 0.05) is 24.3 Å². The van der Waals surface area contributed by atoms with Gasteiger partial charge in [0.25, 0.3) is 5.91 Å². The molecule has 0 aliphatic heterocycles. The Morgan fingerprint density at radius 2 is 2.20 bits per heavy atom. The Morgan fingerprint density at radius 3 is 2.85 bits per heavy atom. The van der Waals surface area contributed by atoms with Gasteiger partial charge in [-0.3, -0.25) is 4.79 Å². The summed E-state index contributed by atoms with van der Waals surface area (Å²) in [7, 11) is 0. The standard InChI is InChI=1S/C16H25N3O/c1-4-12-6-7-14(11(12)3)19-16(20)13-8-9-18-15(10-13)17-5-2/h8-12,14H,4-7H2,1-3H3,(H,17,18)(H,19,20). The number of rotatable bonds is 5. The van der Waals surface area contributed by atoms with Crippen molar-refractivity contribution in [2.75, 3.05) is 11.9 Å². The third-order valence-electron chi connectivity index (χ3n) is 4.45. The quantitative estimate of drug-likeness (QED) is 0.868. The maximum Gasteiger partial charge on any atom is 0.251 e. The van der Waals surface area contributed by atoms with Crippen molar-refractivity contribution in [2.45, 2.75) is 46.1 Å². The highest BCUT2D eigenvalue weighted by atomic mass is 16.1. The molecule has 2 rings (SSSR count). The molecule has 20 heavy (non-hydrogen) atoms. The Hall–Kier alpha value is -1.58. The highest BCUT2D eigenvalue weighted by Crippen LogP contribution is 2.33. The maximum absolute atomic E-state index is 12.3. The molecule has 110 valence electrons. The van der Waals surface area contributed by atoms with Crippen molar-refractivity contribution in [2.24, 2.45) is 11.8 Å². The molecule has 0 spiro atoms. The largest absolute Gasteiger partial charge is 0.370 e. The van der Waals surface area contributed by atoms with Crippen LogP contribution in [0.25, 0.3) is 0 Å². The summed E-state index contributed by atoms with van der Waals surface area (Å²) in [5.74, 6) is 2.08. The molecule has 4 nitrogen and oxygen atoms in total. The molecule has 1 heterocycles. The first-order valence-electron chi connectivity index (χ1n) is 7.66. The van der Waals surface area contributed by atoms with Crippen LogP contribution in [-0.4, -0.2) is 23.5 Å². The number of nitrogens with zero attached hydrogens (tertiary/aromatic N) is 1. The van der Waals surface area contributed by atoms with E-state index in [1.807, 2.05) is 13.0 Å². The van der Waals surface area contributed by atoms with E-state index in [4.69, 9.17) is 0 Å². The van der Waals surface area contributed by atoms with Gasteiger partial charge in [-0.1, -0.05) is 20.3 Å². The Morgan fingerprint density at radius 1 is 1.40 bits per heavy atom. The zero-order valence-corrected chi connectivity index (χ0v) is 12.6. The molecular formula is C16H25N3O. The summed E-state index contributed by atoms with van der Waals surface area (Å²) in [6, 6.07) is 3.89. The van der Waals surface area contributed by atoms with E-state index >= 15 is 0 Å². The van der Waals surface area contributed by atoms with E-state index in [9.17, 15) is 4.79 Å². The van der Waals surface area contributed by atoms with Crippen molar-refractivity contribution in [3.63, 3.8) is 0 Å². The fraction of sp³-hybridized carbons (Fsp3) is 0.625. The maximum atomic E-state index is 12.3. The number of amides is 1. The lowest BCUT2D eigenvalue weighted by Crippen LogP contribution is -2.37. The zero-order valence-electron chi connectivity index (χ0n) is 12.6. The molecule has 0 radical (unpaired) electrons. The summed E-state index contributed by atoms with van der Waals surface area (Å²) in [5.41, 5.74) is 0.683. The van der Waals surface area contributed by atoms with Crippen LogP contribution < -0.4 is 10.6 Å². The lowest BCUT2D eigenvalue weighted by atomic mass is 9.93. The summed E-state index contributed by atoms with van der Waals surface area (Å²) >= 11 is 0. The van der Waals surface area contributed by atoms with Gasteiger partial charge in [-0.05, 0) is 43.7 Å². The molecule has 0 bridgehead atoms. The number of hydrogen-bond acceptors (Lipinski definition) is 3. The lowest BCUT2D eigenvalue weighted by molar-refractivity contribution is 0.0926. The molecule has 1 amide bonds. The Balaban J connectivity index is 2.00. The number of nitrogens with one attached hydrogen (secondary N) is 2. The van der Waals surface area contributed by atoms with Gasteiger partial charge in [0.15, 0.2) is 0 Å². The molecule has 1 aliphatic rings. The second kappa shape index (κ2) is 6.73. The van der Waals surface area contributed by atoms with Gasteiger partial charge in [-0.25, -0.2) is 4.98 Å². The fourth-order valence-corrected chi connectivity index (χ4v) is 3.13. The minimum atomic E-state index is 0.0140. The fourth-order valence-electron chi connectivity index (χ4n) is 3.13. The number of hydrogen-bond donors (Lipinski definition) is 2. The number of aromatic nitrogens is 1. The summed E-state index contributed by atoms with van der Waals surface area (Å²) in [6.07, 6.45) is 5.20. The van der Waals surface area contributed by atoms with Crippen molar-refractivity contribution >= 4 is 11.7 Å². The van der Waals surface area contributed by atoms with E-state index < -0.39 is 0 Å². The third kappa shape index (κ3) is 3.30. The van der Waals surface area contributed by atoms with Gasteiger partial charge in [0.1, 0.15) is 5.82 Å². The van der Waals surface area contributed by atoms with Crippen LogP contribution in [0.3, 0.4) is 0 Å². The van der Waals surface area contributed by atoms with Gasteiger partial charge in [-0.2, -0.15) is 0 Å². The van der Waals surface area contributed by atoms with E-state index in [0.717, 1.165) is 24.7 Å². The van der Waals surface area contributed by atoms with Crippen molar-refractivity contribution in [3.05, 3.63) is 23.9 Å². The molecule has 1 aliphatic carbocycles. The van der Waals surface area contributed by atoms with Crippen molar-refractivity contribution in [1.82, 2.24) is 10.3 Å². The van der Waals surface area contributed by atoms with Gasteiger partial charge < -0.3 is 10.6 Å². The highest BCUT2D eigenvalue weighted by molar-refractivity contribution is 5.95. The zero-order chi connectivity index (χ0) is 14.5. The van der Waals surface area contributed by atoms with Crippen LogP contribution in [0.2, 0.25) is 0 Å². The lowest BCUT2D eigenvalue weighted by Gasteiger charge is -2.21. The van der Waals surface area contributed by atoms with Gasteiger partial charge >= 0.3 is 0 Å². The van der Waals surface area contributed by atoms with Crippen LogP contribution in [0.4, 0.5) is 5.82 Å². The summed E-state index contributed by atoms with van der Waals surface area (Å²) in [5, 5.41) is 6.31. The molecule has 1 saturated carbocycles. The monoisotopic (exact) mass is 275 g/mol. The van der Waals surface area contributed by atoms with Crippen molar-refractivity contribution < 1.29 is 4.79 Å². The van der Waals surface area contributed by atoms with Crippen LogP contribution in [0.1, 0.15) is 50.4 Å². The SMILES string of the molecule is CCNc1cc(C(=O)NC2CCC(CC)C2C)ccn1. The summed E-state index contributed by atoms with van der Waals surface area (Å²) < 4.78 is 0. The number of anilines is 1. The van der Waals surface area contributed by atoms with Gasteiger partial charge in [0.05, 0.1) is 0 Å². The van der Waals surface area contributed by atoms with E-state index in [1.54, 1.807) is 12.3 Å². The predicted octanol–water partition coefficient (Wildman–Crippen LogP) is 3.07. The predicted molar refractivity (Wildman–Crippen MR) is 81.8 cm³/mol. The van der Waals surface area contributed by atoms with Crippen LogP contribution in [0, 0.1) is 11.8 Å². The minimum Gasteiger partial charge on any atom is -0.370 e. The van der Waals surface area contributed by atoms with E-state index in [1.165, 1.54) is 12.8 Å². The average molecular weight is 275 g/mol. The molecule has 3 unspecified atom stereocenters. The first-order valence-corrected chi connectivity index (χ1v) is 7.66. The van der Waals surface area contributed by atoms with E-state index in [-0.39, 0.29) is 5.91 Å². The number of pyridine rings is 1. The molecule has 0 saturated heterocycles. The molecular weight excluding hydrogens is 250 g/mol. The second-order valence-corrected chi connectivity index (χ2v) is 5.64. The molecule has 4 heteroatoms. The Labute approximate surface area is 121 Å². The normalized spacial score (nSPS) is 25.4. The van der Waals surface area contributed by atoms with E-state index in [2.05, 4.69) is 29.5 Å². The van der Waals surface area contributed by atoms with Gasteiger partial charge in [0.2, 0.25) is 0 Å². The number of carbonyl (C=O) groups is 1. The van der Waals surface area contributed by atoms with E-state index in [0.29, 0.717) is 17.5 Å². The number of carbonyl (C=O) groups excluding carboxylic acids is 1.